The van der Waals surface area contributed by atoms with Crippen molar-refractivity contribution in [2.75, 3.05) is 7.11 Å². The number of halogens is 1. The van der Waals surface area contributed by atoms with Gasteiger partial charge in [-0.15, -0.1) is 0 Å². The van der Waals surface area contributed by atoms with E-state index in [1.807, 2.05) is 12.1 Å². The lowest BCUT2D eigenvalue weighted by Gasteiger charge is -2.09. The van der Waals surface area contributed by atoms with Gasteiger partial charge in [-0.1, -0.05) is 18.9 Å². The standard InChI is InChI=1S/C16H18INO2/c1-18-13-9-11(16(19)20-2)7-8-12(13)14(15(18)17)10-5-3-4-6-10/h7-10H,3-6H2,1-2H3. The Morgan fingerprint density at radius 1 is 1.35 bits per heavy atom. The number of rotatable bonds is 2. The number of hydrogen-bond donors (Lipinski definition) is 0. The third kappa shape index (κ3) is 2.14. The van der Waals surface area contributed by atoms with Crippen LogP contribution >= 0.6 is 22.6 Å². The van der Waals surface area contributed by atoms with Crippen LogP contribution in [0.5, 0.6) is 0 Å². The molecule has 1 heterocycles. The zero-order valence-corrected chi connectivity index (χ0v) is 13.9. The van der Waals surface area contributed by atoms with Crippen LogP contribution in [-0.4, -0.2) is 17.6 Å². The second-order valence-corrected chi connectivity index (χ2v) is 6.49. The van der Waals surface area contributed by atoms with Crippen LogP contribution < -0.4 is 0 Å². The van der Waals surface area contributed by atoms with E-state index < -0.39 is 0 Å². The fourth-order valence-electron chi connectivity index (χ4n) is 3.28. The lowest BCUT2D eigenvalue weighted by molar-refractivity contribution is 0.0601. The van der Waals surface area contributed by atoms with Crippen molar-refractivity contribution in [2.24, 2.45) is 7.05 Å². The predicted molar refractivity (Wildman–Crippen MR) is 88.2 cm³/mol. The van der Waals surface area contributed by atoms with Gasteiger partial charge in [-0.25, -0.2) is 4.79 Å². The number of fused-ring (bicyclic) bond motifs is 1. The van der Waals surface area contributed by atoms with Gasteiger partial charge in [0, 0.05) is 18.0 Å². The van der Waals surface area contributed by atoms with Crippen LogP contribution in [0.15, 0.2) is 18.2 Å². The van der Waals surface area contributed by atoms with Crippen molar-refractivity contribution in [1.82, 2.24) is 4.57 Å². The maximum absolute atomic E-state index is 11.7. The van der Waals surface area contributed by atoms with Gasteiger partial charge in [0.2, 0.25) is 0 Å². The molecule has 4 heteroatoms. The molecule has 0 saturated heterocycles. The van der Waals surface area contributed by atoms with E-state index in [0.717, 1.165) is 5.52 Å². The van der Waals surface area contributed by atoms with Crippen LogP contribution in [0.2, 0.25) is 0 Å². The van der Waals surface area contributed by atoms with Gasteiger partial charge < -0.3 is 9.30 Å². The maximum atomic E-state index is 11.7. The number of hydrogen-bond acceptors (Lipinski definition) is 2. The van der Waals surface area contributed by atoms with Crippen LogP contribution in [0.3, 0.4) is 0 Å². The number of nitrogens with zero attached hydrogens (tertiary/aromatic N) is 1. The Balaban J connectivity index is 2.17. The molecule has 20 heavy (non-hydrogen) atoms. The summed E-state index contributed by atoms with van der Waals surface area (Å²) in [6.45, 7) is 0. The average molecular weight is 383 g/mol. The summed E-state index contributed by atoms with van der Waals surface area (Å²) < 4.78 is 8.30. The van der Waals surface area contributed by atoms with Crippen molar-refractivity contribution in [3.05, 3.63) is 33.0 Å². The number of aryl methyl sites for hydroxylation is 1. The molecule has 1 aliphatic carbocycles. The smallest absolute Gasteiger partial charge is 0.337 e. The largest absolute Gasteiger partial charge is 0.465 e. The number of carbonyl (C=O) groups excluding carboxylic acids is 1. The minimum Gasteiger partial charge on any atom is -0.465 e. The van der Waals surface area contributed by atoms with Gasteiger partial charge in [0.25, 0.3) is 0 Å². The second kappa shape index (κ2) is 5.39. The molecule has 1 aromatic heterocycles. The number of carbonyl (C=O) groups is 1. The quantitative estimate of drug-likeness (QED) is 0.574. The maximum Gasteiger partial charge on any atom is 0.337 e. The highest BCUT2D eigenvalue weighted by Crippen LogP contribution is 2.41. The third-order valence-electron chi connectivity index (χ3n) is 4.35. The van der Waals surface area contributed by atoms with Crippen LogP contribution in [0.4, 0.5) is 0 Å². The Bertz CT molecular complexity index is 669. The Kier molecular flexibility index (Phi) is 3.75. The monoisotopic (exact) mass is 383 g/mol. The van der Waals surface area contributed by atoms with Crippen molar-refractivity contribution in [1.29, 1.82) is 0 Å². The first-order valence-electron chi connectivity index (χ1n) is 6.99. The average Bonchev–Trinajstić information content (AvgIpc) is 3.06. The van der Waals surface area contributed by atoms with Crippen molar-refractivity contribution < 1.29 is 9.53 Å². The van der Waals surface area contributed by atoms with Gasteiger partial charge >= 0.3 is 5.97 Å². The first-order chi connectivity index (χ1) is 9.63. The van der Waals surface area contributed by atoms with Crippen LogP contribution in [-0.2, 0) is 11.8 Å². The van der Waals surface area contributed by atoms with E-state index in [-0.39, 0.29) is 5.97 Å². The summed E-state index contributed by atoms with van der Waals surface area (Å²) in [6.07, 6.45) is 5.23. The minimum absolute atomic E-state index is 0.273. The molecule has 1 aliphatic rings. The van der Waals surface area contributed by atoms with Crippen molar-refractivity contribution in [3.8, 4) is 0 Å². The van der Waals surface area contributed by atoms with E-state index in [2.05, 4.69) is 40.3 Å². The summed E-state index contributed by atoms with van der Waals surface area (Å²) in [5, 5.41) is 1.29. The highest BCUT2D eigenvalue weighted by Gasteiger charge is 2.25. The Morgan fingerprint density at radius 3 is 2.70 bits per heavy atom. The third-order valence-corrected chi connectivity index (χ3v) is 5.66. The summed E-state index contributed by atoms with van der Waals surface area (Å²) in [7, 11) is 3.49. The minimum atomic E-state index is -0.273. The molecule has 0 spiro atoms. The Labute approximate surface area is 132 Å². The lowest BCUT2D eigenvalue weighted by Crippen LogP contribution is -2.01. The first-order valence-corrected chi connectivity index (χ1v) is 8.07. The molecule has 1 aromatic carbocycles. The number of benzene rings is 1. The fraction of sp³-hybridized carbons (Fsp3) is 0.438. The molecule has 106 valence electrons. The lowest BCUT2D eigenvalue weighted by atomic mass is 9.97. The predicted octanol–water partition coefficient (Wildman–Crippen LogP) is 4.23. The molecule has 3 rings (SSSR count). The summed E-state index contributed by atoms with van der Waals surface area (Å²) in [5.41, 5.74) is 3.21. The molecule has 0 radical (unpaired) electrons. The zero-order valence-electron chi connectivity index (χ0n) is 11.8. The summed E-state index contributed by atoms with van der Waals surface area (Å²) in [4.78, 5) is 11.7. The highest BCUT2D eigenvalue weighted by atomic mass is 127. The SMILES string of the molecule is COC(=O)c1ccc2c(C3CCCC3)c(I)n(C)c2c1. The number of methoxy groups -OCH3 is 1. The summed E-state index contributed by atoms with van der Waals surface area (Å²) in [5.74, 6) is 0.403. The van der Waals surface area contributed by atoms with Crippen molar-refractivity contribution in [3.63, 3.8) is 0 Å². The van der Waals surface area contributed by atoms with Gasteiger partial charge in [0.15, 0.2) is 0 Å². The van der Waals surface area contributed by atoms with Crippen molar-refractivity contribution in [2.45, 2.75) is 31.6 Å². The molecule has 0 bridgehead atoms. The van der Waals surface area contributed by atoms with E-state index in [1.165, 1.54) is 47.4 Å². The Morgan fingerprint density at radius 2 is 2.05 bits per heavy atom. The number of aromatic nitrogens is 1. The van der Waals surface area contributed by atoms with E-state index in [9.17, 15) is 4.79 Å². The molecule has 0 atom stereocenters. The zero-order chi connectivity index (χ0) is 14.3. The molecule has 0 aliphatic heterocycles. The normalized spacial score (nSPS) is 15.9. The van der Waals surface area contributed by atoms with Crippen molar-refractivity contribution >= 4 is 39.5 Å². The van der Waals surface area contributed by atoms with E-state index >= 15 is 0 Å². The van der Waals surface area contributed by atoms with Gasteiger partial charge in [-0.2, -0.15) is 0 Å². The number of esters is 1. The molecular weight excluding hydrogens is 365 g/mol. The van der Waals surface area contributed by atoms with E-state index in [0.29, 0.717) is 11.5 Å². The molecule has 0 N–H and O–H groups in total. The first kappa shape index (κ1) is 13.9. The fourth-order valence-corrected chi connectivity index (χ4v) is 4.27. The topological polar surface area (TPSA) is 31.2 Å². The molecule has 1 saturated carbocycles. The molecule has 0 unspecified atom stereocenters. The molecule has 1 fully saturated rings. The van der Waals surface area contributed by atoms with Crippen LogP contribution in [0.25, 0.3) is 10.9 Å². The van der Waals surface area contributed by atoms with Gasteiger partial charge in [-0.3, -0.25) is 0 Å². The van der Waals surface area contributed by atoms with Crippen LogP contribution in [0.1, 0.15) is 47.5 Å². The van der Waals surface area contributed by atoms with E-state index in [4.69, 9.17) is 4.74 Å². The van der Waals surface area contributed by atoms with Gasteiger partial charge in [0.1, 0.15) is 0 Å². The molecule has 2 aromatic rings. The summed E-state index contributed by atoms with van der Waals surface area (Å²) in [6, 6.07) is 5.90. The molecule has 0 amide bonds. The van der Waals surface area contributed by atoms with Gasteiger partial charge in [0.05, 0.1) is 16.4 Å². The van der Waals surface area contributed by atoms with E-state index in [1.54, 1.807) is 0 Å². The summed E-state index contributed by atoms with van der Waals surface area (Å²) >= 11 is 2.43. The molecular formula is C16H18INO2. The molecule has 3 nitrogen and oxygen atoms in total. The Hall–Kier alpha value is -1.04. The van der Waals surface area contributed by atoms with Crippen LogP contribution in [0, 0.1) is 3.70 Å². The van der Waals surface area contributed by atoms with Gasteiger partial charge in [-0.05, 0) is 59.0 Å². The highest BCUT2D eigenvalue weighted by molar-refractivity contribution is 14.1. The second-order valence-electron chi connectivity index (χ2n) is 5.47. The number of ether oxygens (including phenoxy) is 1.